The van der Waals surface area contributed by atoms with Gasteiger partial charge in [0.1, 0.15) is 6.04 Å². The lowest BCUT2D eigenvalue weighted by atomic mass is 9.82. The Morgan fingerprint density at radius 3 is 1.77 bits per heavy atom. The van der Waals surface area contributed by atoms with Crippen molar-refractivity contribution < 1.29 is 38.5 Å². The van der Waals surface area contributed by atoms with Crippen LogP contribution in [0.15, 0.2) is 18.2 Å². The van der Waals surface area contributed by atoms with E-state index in [1.165, 1.54) is 12.1 Å². The molecule has 0 saturated carbocycles. The topological polar surface area (TPSA) is 142 Å². The molecule has 9 heteroatoms. The third-order valence-electron chi connectivity index (χ3n) is 6.98. The molecule has 0 aliphatic carbocycles. The van der Waals surface area contributed by atoms with Crippen molar-refractivity contribution in [3.05, 3.63) is 23.8 Å². The Morgan fingerprint density at radius 1 is 0.846 bits per heavy atom. The van der Waals surface area contributed by atoms with E-state index >= 15 is 0 Å². The average Bonchev–Trinajstić information content (AvgIpc) is 2.81. The molecule has 0 saturated heterocycles. The Bertz CT molecular complexity index is 1010. The minimum atomic E-state index is -1.34. The maximum absolute atomic E-state index is 12.8. The molecule has 0 radical (unpaired) electrons. The molecule has 5 atom stereocenters. The molecule has 0 aliphatic heterocycles. The molecular weight excluding hydrogens is 502 g/mol. The van der Waals surface area contributed by atoms with E-state index in [0.29, 0.717) is 5.56 Å². The molecule has 0 heterocycles. The minimum Gasteiger partial charge on any atom is -0.480 e. The zero-order chi connectivity index (χ0) is 30.2. The summed E-state index contributed by atoms with van der Waals surface area (Å²) in [6.45, 7) is 18.5. The summed E-state index contributed by atoms with van der Waals surface area (Å²) in [5.74, 6) is -4.68. The molecule has 0 spiro atoms. The number of rotatable bonds is 13. The zero-order valence-corrected chi connectivity index (χ0v) is 25.1. The summed E-state index contributed by atoms with van der Waals surface area (Å²) in [6.07, 6.45) is 0.207. The number of aliphatic carboxylic acids is 1. The van der Waals surface area contributed by atoms with Gasteiger partial charge in [-0.15, -0.1) is 0 Å². The van der Waals surface area contributed by atoms with Crippen molar-refractivity contribution in [2.45, 2.75) is 87.6 Å². The summed E-state index contributed by atoms with van der Waals surface area (Å²) in [7, 11) is 0. The summed E-state index contributed by atoms with van der Waals surface area (Å²) in [4.78, 5) is 49.8. The third-order valence-corrected chi connectivity index (χ3v) is 6.98. The van der Waals surface area contributed by atoms with Crippen molar-refractivity contribution in [2.75, 3.05) is 6.61 Å². The highest BCUT2D eigenvalue weighted by Crippen LogP contribution is 2.37. The monoisotopic (exact) mass is 549 g/mol. The Labute approximate surface area is 232 Å². The fourth-order valence-corrected chi connectivity index (χ4v) is 3.70. The second-order valence-electron chi connectivity index (χ2n) is 12.4. The molecule has 4 unspecified atom stereocenters. The van der Waals surface area contributed by atoms with Gasteiger partial charge < -0.3 is 25.1 Å². The first-order valence-corrected chi connectivity index (χ1v) is 13.6. The highest BCUT2D eigenvalue weighted by Gasteiger charge is 2.33. The smallest absolute Gasteiger partial charge is 0.321 e. The van der Waals surface area contributed by atoms with Crippen LogP contribution in [0.5, 0.6) is 11.5 Å². The van der Waals surface area contributed by atoms with Crippen LogP contribution in [-0.4, -0.2) is 41.6 Å². The number of carboxylic acid groups (broad SMARTS) is 1. The van der Waals surface area contributed by atoms with Gasteiger partial charge in [0.05, 0.1) is 24.9 Å². The van der Waals surface area contributed by atoms with Gasteiger partial charge in [0.2, 0.25) is 0 Å². The molecule has 39 heavy (non-hydrogen) atoms. The maximum atomic E-state index is 12.8. The van der Waals surface area contributed by atoms with Crippen LogP contribution in [0, 0.1) is 35.0 Å². The molecule has 3 N–H and O–H groups in total. The number of carbonyl (C=O) groups excluding carboxylic acids is 3. The second kappa shape index (κ2) is 14.4. The lowest BCUT2D eigenvalue weighted by Crippen LogP contribution is -2.40. The van der Waals surface area contributed by atoms with Crippen LogP contribution in [0.3, 0.4) is 0 Å². The van der Waals surface area contributed by atoms with Crippen molar-refractivity contribution in [2.24, 2.45) is 40.7 Å². The van der Waals surface area contributed by atoms with Crippen LogP contribution in [0.1, 0.15) is 87.1 Å². The Hall–Kier alpha value is -2.94. The first-order valence-electron chi connectivity index (χ1n) is 13.6. The summed E-state index contributed by atoms with van der Waals surface area (Å²) >= 11 is 0. The zero-order valence-electron chi connectivity index (χ0n) is 25.1. The van der Waals surface area contributed by atoms with Crippen LogP contribution in [0.2, 0.25) is 0 Å². The number of carbonyl (C=O) groups is 4. The number of hydrogen-bond acceptors (Lipinski definition) is 8. The van der Waals surface area contributed by atoms with Crippen molar-refractivity contribution in [3.8, 4) is 11.5 Å². The third kappa shape index (κ3) is 10.6. The first-order chi connectivity index (χ1) is 17.8. The van der Waals surface area contributed by atoms with Crippen molar-refractivity contribution in [3.63, 3.8) is 0 Å². The molecule has 0 amide bonds. The lowest BCUT2D eigenvalue weighted by Gasteiger charge is -2.28. The lowest BCUT2D eigenvalue weighted by molar-refractivity contribution is -0.147. The van der Waals surface area contributed by atoms with E-state index in [2.05, 4.69) is 0 Å². The van der Waals surface area contributed by atoms with E-state index in [9.17, 15) is 24.3 Å². The molecule has 1 rings (SSSR count). The highest BCUT2D eigenvalue weighted by molar-refractivity contribution is 5.79. The van der Waals surface area contributed by atoms with Gasteiger partial charge in [-0.2, -0.15) is 0 Å². The van der Waals surface area contributed by atoms with E-state index in [4.69, 9.17) is 19.9 Å². The van der Waals surface area contributed by atoms with E-state index in [1.807, 2.05) is 48.5 Å². The van der Waals surface area contributed by atoms with Gasteiger partial charge in [0.15, 0.2) is 11.5 Å². The summed E-state index contributed by atoms with van der Waals surface area (Å²) in [6, 6.07) is 3.21. The number of nitrogens with two attached hydrogens (primary N) is 1. The van der Waals surface area contributed by atoms with Crippen LogP contribution >= 0.6 is 0 Å². The molecule has 0 bridgehead atoms. The predicted octanol–water partition coefficient (Wildman–Crippen LogP) is 5.19. The summed E-state index contributed by atoms with van der Waals surface area (Å²) in [5.41, 5.74) is 6.28. The highest BCUT2D eigenvalue weighted by atomic mass is 16.6. The number of hydrogen-bond donors (Lipinski definition) is 2. The summed E-state index contributed by atoms with van der Waals surface area (Å²) in [5, 5.41) is 9.74. The van der Waals surface area contributed by atoms with Gasteiger partial charge >= 0.3 is 23.9 Å². The van der Waals surface area contributed by atoms with Gasteiger partial charge in [-0.1, -0.05) is 75.3 Å². The second-order valence-corrected chi connectivity index (χ2v) is 12.4. The van der Waals surface area contributed by atoms with Gasteiger partial charge in [0, 0.05) is 5.92 Å². The molecule has 1 aromatic rings. The molecule has 9 nitrogen and oxygen atoms in total. The standard InChI is InChI=1S/C30H47NO8/c1-16(2)19(6)28(35)38-22-12-11-21(13-23(22)39-29(36)20(7)17(3)4)25(26(31)27(33)34)18(5)15-37-24(32)14-30(8,9)10/h11-13,16-20,25-26H,14-15,31H2,1-10H3,(H,33,34)/t18?,19?,20?,25?,26-/m0/s1. The van der Waals surface area contributed by atoms with Gasteiger partial charge in [-0.25, -0.2) is 0 Å². The Balaban J connectivity index is 3.45. The molecule has 220 valence electrons. The van der Waals surface area contributed by atoms with Gasteiger partial charge in [-0.05, 0) is 40.9 Å². The van der Waals surface area contributed by atoms with Crippen molar-refractivity contribution in [1.29, 1.82) is 0 Å². The fourth-order valence-electron chi connectivity index (χ4n) is 3.70. The predicted molar refractivity (Wildman–Crippen MR) is 148 cm³/mol. The number of ether oxygens (including phenoxy) is 3. The molecule has 0 fully saturated rings. The van der Waals surface area contributed by atoms with Crippen molar-refractivity contribution in [1.82, 2.24) is 0 Å². The normalized spacial score (nSPS) is 15.7. The van der Waals surface area contributed by atoms with E-state index in [-0.39, 0.29) is 41.8 Å². The van der Waals surface area contributed by atoms with E-state index < -0.39 is 53.6 Å². The SMILES string of the molecule is CC(C)C(C)C(=O)Oc1ccc(C(C(C)COC(=O)CC(C)(C)C)[C@H](N)C(=O)O)cc1OC(=O)C(C)C(C)C. The fraction of sp³-hybridized carbons (Fsp3) is 0.667. The number of esters is 3. The molecular formula is C30H47NO8. The quantitative estimate of drug-likeness (QED) is 0.251. The number of benzene rings is 1. The largest absolute Gasteiger partial charge is 0.480 e. The minimum absolute atomic E-state index is 0.00336. The Kier molecular flexibility index (Phi) is 12.6. The number of carboxylic acids is 1. The van der Waals surface area contributed by atoms with Crippen LogP contribution in [0.4, 0.5) is 0 Å². The van der Waals surface area contributed by atoms with Crippen LogP contribution < -0.4 is 15.2 Å². The van der Waals surface area contributed by atoms with E-state index in [0.717, 1.165) is 0 Å². The van der Waals surface area contributed by atoms with Crippen LogP contribution in [-0.2, 0) is 23.9 Å². The first kappa shape index (κ1) is 34.1. The van der Waals surface area contributed by atoms with Crippen LogP contribution in [0.25, 0.3) is 0 Å². The summed E-state index contributed by atoms with van der Waals surface area (Å²) < 4.78 is 16.7. The van der Waals surface area contributed by atoms with Crippen molar-refractivity contribution >= 4 is 23.9 Å². The van der Waals surface area contributed by atoms with Gasteiger partial charge in [0.25, 0.3) is 0 Å². The Morgan fingerprint density at radius 2 is 1.33 bits per heavy atom. The maximum Gasteiger partial charge on any atom is 0.321 e. The van der Waals surface area contributed by atoms with Gasteiger partial charge in [-0.3, -0.25) is 19.2 Å². The molecule has 0 aromatic heterocycles. The average molecular weight is 550 g/mol. The molecule has 0 aliphatic rings. The molecule has 1 aromatic carbocycles. The van der Waals surface area contributed by atoms with E-state index in [1.54, 1.807) is 26.8 Å².